The number of carbonyl (C=O) groups excluding carboxylic acids is 1. The summed E-state index contributed by atoms with van der Waals surface area (Å²) in [5.74, 6) is -2.34. The molecule has 0 unspecified atom stereocenters. The maximum absolute atomic E-state index is 14.0. The van der Waals surface area contributed by atoms with E-state index < -0.39 is 40.4 Å². The van der Waals surface area contributed by atoms with Crippen LogP contribution in [0.25, 0.3) is 11.3 Å². The first-order valence-corrected chi connectivity index (χ1v) is 5.79. The van der Waals surface area contributed by atoms with Crippen LogP contribution in [0, 0.1) is 5.82 Å². The molecule has 0 saturated carbocycles. The van der Waals surface area contributed by atoms with Crippen LogP contribution < -0.4 is 5.73 Å². The number of benzene rings is 1. The molecule has 1 aromatic heterocycles. The fraction of sp³-hybridized carbons (Fsp3) is 0.100. The summed E-state index contributed by atoms with van der Waals surface area (Å²) in [6.07, 6.45) is -4.83. The molecule has 0 aliphatic rings. The van der Waals surface area contributed by atoms with Gasteiger partial charge in [-0.25, -0.2) is 4.39 Å². The Hall–Kier alpha value is -1.97. The molecule has 0 radical (unpaired) electrons. The highest BCUT2D eigenvalue weighted by atomic mass is 79.9. The predicted molar refractivity (Wildman–Crippen MR) is 63.0 cm³/mol. The molecule has 0 fully saturated rings. The fourth-order valence-corrected chi connectivity index (χ4v) is 1.93. The molecule has 10 heteroatoms. The molecule has 2 aromatic rings. The summed E-state index contributed by atoms with van der Waals surface area (Å²) >= 11 is 2.78. The largest absolute Gasteiger partial charge is 0.417 e. The smallest absolute Gasteiger partial charge is 0.364 e. The van der Waals surface area contributed by atoms with Gasteiger partial charge in [0.15, 0.2) is 5.69 Å². The lowest BCUT2D eigenvalue weighted by Crippen LogP contribution is -2.15. The molecule has 5 nitrogen and oxygen atoms in total. The SMILES string of the molecule is NC(=O)c1n[nH]nc1-c1c(C(F)(F)F)ccc(Br)c1F. The number of primary amides is 1. The van der Waals surface area contributed by atoms with E-state index in [-0.39, 0.29) is 4.47 Å². The Morgan fingerprint density at radius 2 is 1.95 bits per heavy atom. The molecule has 0 aliphatic carbocycles. The summed E-state index contributed by atoms with van der Waals surface area (Å²) in [4.78, 5) is 11.1. The summed E-state index contributed by atoms with van der Waals surface area (Å²) in [6.45, 7) is 0. The first-order chi connectivity index (χ1) is 9.23. The fourth-order valence-electron chi connectivity index (χ4n) is 1.60. The summed E-state index contributed by atoms with van der Waals surface area (Å²) in [6, 6.07) is 1.58. The van der Waals surface area contributed by atoms with Gasteiger partial charge in [-0.3, -0.25) is 4.79 Å². The van der Waals surface area contributed by atoms with Crippen LogP contribution in [-0.4, -0.2) is 21.3 Å². The van der Waals surface area contributed by atoms with Gasteiger partial charge in [-0.1, -0.05) is 0 Å². The lowest BCUT2D eigenvalue weighted by molar-refractivity contribution is -0.137. The third-order valence-corrected chi connectivity index (χ3v) is 3.03. The Morgan fingerprint density at radius 1 is 1.30 bits per heavy atom. The molecule has 20 heavy (non-hydrogen) atoms. The van der Waals surface area contributed by atoms with Gasteiger partial charge in [0.05, 0.1) is 15.6 Å². The van der Waals surface area contributed by atoms with E-state index in [4.69, 9.17) is 5.73 Å². The van der Waals surface area contributed by atoms with E-state index in [1.54, 1.807) is 0 Å². The summed E-state index contributed by atoms with van der Waals surface area (Å²) in [5.41, 5.74) is 1.62. The first-order valence-electron chi connectivity index (χ1n) is 4.99. The van der Waals surface area contributed by atoms with Gasteiger partial charge < -0.3 is 5.73 Å². The minimum absolute atomic E-state index is 0.209. The van der Waals surface area contributed by atoms with Gasteiger partial charge in [-0.05, 0) is 28.1 Å². The second kappa shape index (κ2) is 4.85. The van der Waals surface area contributed by atoms with Crippen molar-refractivity contribution >= 4 is 21.8 Å². The van der Waals surface area contributed by atoms with Gasteiger partial charge in [0, 0.05) is 0 Å². The van der Waals surface area contributed by atoms with Crippen molar-refractivity contribution in [3.8, 4) is 11.3 Å². The van der Waals surface area contributed by atoms with Crippen LogP contribution in [0.5, 0.6) is 0 Å². The van der Waals surface area contributed by atoms with Gasteiger partial charge in [0.25, 0.3) is 5.91 Å². The standard InChI is InChI=1S/C10H5BrF4N4O/c11-4-2-1-3(10(13,14)15)5(6(4)12)7-8(9(16)20)18-19-17-7/h1-2H,(H2,16,20)(H,17,18,19). The van der Waals surface area contributed by atoms with Gasteiger partial charge in [0.1, 0.15) is 11.5 Å². The minimum atomic E-state index is -4.83. The van der Waals surface area contributed by atoms with Crippen molar-refractivity contribution in [3.63, 3.8) is 0 Å². The van der Waals surface area contributed by atoms with Crippen molar-refractivity contribution in [2.75, 3.05) is 0 Å². The van der Waals surface area contributed by atoms with E-state index in [0.29, 0.717) is 6.07 Å². The average Bonchev–Trinajstić information content (AvgIpc) is 2.79. The molecule has 0 spiro atoms. The van der Waals surface area contributed by atoms with Crippen LogP contribution in [-0.2, 0) is 6.18 Å². The third kappa shape index (κ3) is 2.38. The number of nitrogens with one attached hydrogen (secondary N) is 1. The zero-order chi connectivity index (χ0) is 15.1. The normalized spacial score (nSPS) is 11.7. The second-order valence-electron chi connectivity index (χ2n) is 3.67. The van der Waals surface area contributed by atoms with Gasteiger partial charge in [-0.15, -0.1) is 0 Å². The number of rotatable bonds is 2. The predicted octanol–water partition coefficient (Wildman–Crippen LogP) is 2.49. The molecule has 1 aromatic carbocycles. The van der Waals surface area contributed by atoms with Crippen molar-refractivity contribution in [2.45, 2.75) is 6.18 Å². The van der Waals surface area contributed by atoms with E-state index in [0.717, 1.165) is 6.07 Å². The number of nitrogens with two attached hydrogens (primary N) is 1. The van der Waals surface area contributed by atoms with Gasteiger partial charge in [-0.2, -0.15) is 28.6 Å². The third-order valence-electron chi connectivity index (χ3n) is 2.42. The van der Waals surface area contributed by atoms with Gasteiger partial charge >= 0.3 is 6.18 Å². The molecular formula is C10H5BrF4N4O. The number of halogens is 5. The van der Waals surface area contributed by atoms with Crippen molar-refractivity contribution < 1.29 is 22.4 Å². The number of aromatic nitrogens is 3. The van der Waals surface area contributed by atoms with Crippen molar-refractivity contribution in [2.24, 2.45) is 5.73 Å². The highest BCUT2D eigenvalue weighted by Crippen LogP contribution is 2.40. The average molecular weight is 353 g/mol. The molecule has 1 heterocycles. The summed E-state index contributed by atoms with van der Waals surface area (Å²) < 4.78 is 52.6. The molecule has 1 amide bonds. The number of nitrogens with zero attached hydrogens (tertiary/aromatic N) is 2. The Morgan fingerprint density at radius 3 is 2.50 bits per heavy atom. The van der Waals surface area contributed by atoms with E-state index in [9.17, 15) is 22.4 Å². The summed E-state index contributed by atoms with van der Waals surface area (Å²) in [7, 11) is 0. The van der Waals surface area contributed by atoms with Gasteiger partial charge in [0.2, 0.25) is 0 Å². The Labute approximate surface area is 117 Å². The summed E-state index contributed by atoms with van der Waals surface area (Å²) in [5, 5.41) is 8.67. The highest BCUT2D eigenvalue weighted by molar-refractivity contribution is 9.10. The Bertz CT molecular complexity index is 682. The number of alkyl halides is 3. The van der Waals surface area contributed by atoms with E-state index in [2.05, 4.69) is 26.1 Å². The molecule has 3 N–H and O–H groups in total. The van der Waals surface area contributed by atoms with Crippen LogP contribution in [0.1, 0.15) is 16.1 Å². The molecule has 0 atom stereocenters. The number of hydrogen-bond donors (Lipinski definition) is 2. The zero-order valence-electron chi connectivity index (χ0n) is 9.42. The lowest BCUT2D eigenvalue weighted by atomic mass is 10.0. The minimum Gasteiger partial charge on any atom is -0.364 e. The number of amides is 1. The Balaban J connectivity index is 2.81. The van der Waals surface area contributed by atoms with Crippen molar-refractivity contribution in [1.82, 2.24) is 15.4 Å². The van der Waals surface area contributed by atoms with Crippen LogP contribution in [0.2, 0.25) is 0 Å². The molecule has 0 aliphatic heterocycles. The monoisotopic (exact) mass is 352 g/mol. The highest BCUT2D eigenvalue weighted by Gasteiger charge is 2.37. The van der Waals surface area contributed by atoms with E-state index in [1.165, 1.54) is 0 Å². The number of aromatic amines is 1. The molecule has 106 valence electrons. The topological polar surface area (TPSA) is 84.7 Å². The Kier molecular flexibility index (Phi) is 3.50. The number of carbonyl (C=O) groups is 1. The van der Waals surface area contributed by atoms with Crippen molar-refractivity contribution in [3.05, 3.63) is 33.7 Å². The van der Waals surface area contributed by atoms with Crippen LogP contribution in [0.3, 0.4) is 0 Å². The zero-order valence-corrected chi connectivity index (χ0v) is 11.0. The maximum Gasteiger partial charge on any atom is 0.417 e. The lowest BCUT2D eigenvalue weighted by Gasteiger charge is -2.13. The molecule has 0 bridgehead atoms. The molecular weight excluding hydrogens is 348 g/mol. The second-order valence-corrected chi connectivity index (χ2v) is 4.52. The van der Waals surface area contributed by atoms with Crippen LogP contribution >= 0.6 is 15.9 Å². The first kappa shape index (κ1) is 14.4. The van der Waals surface area contributed by atoms with Crippen molar-refractivity contribution in [1.29, 1.82) is 0 Å². The van der Waals surface area contributed by atoms with E-state index >= 15 is 0 Å². The van der Waals surface area contributed by atoms with Crippen LogP contribution in [0.15, 0.2) is 16.6 Å². The molecule has 0 saturated heterocycles. The number of hydrogen-bond acceptors (Lipinski definition) is 3. The van der Waals surface area contributed by atoms with E-state index in [1.807, 2.05) is 5.21 Å². The molecule has 2 rings (SSSR count). The van der Waals surface area contributed by atoms with Crippen LogP contribution in [0.4, 0.5) is 17.6 Å². The quantitative estimate of drug-likeness (QED) is 0.814. The number of H-pyrrole nitrogens is 1. The maximum atomic E-state index is 14.0.